The number of benzene rings is 1. The van der Waals surface area contributed by atoms with Crippen molar-refractivity contribution in [3.8, 4) is 0 Å². The molecule has 1 N–H and O–H groups in total. The first-order chi connectivity index (χ1) is 12.2. The number of hydrogen-bond acceptors (Lipinski definition) is 4. The van der Waals surface area contributed by atoms with Gasteiger partial charge in [0.15, 0.2) is 0 Å². The van der Waals surface area contributed by atoms with Crippen LogP contribution in [-0.2, 0) is 16.1 Å². The summed E-state index contributed by atoms with van der Waals surface area (Å²) in [6.45, 7) is 8.63. The fourth-order valence-electron chi connectivity index (χ4n) is 3.64. The van der Waals surface area contributed by atoms with E-state index >= 15 is 0 Å². The largest absolute Gasteiger partial charge is 0.366 e. The molecule has 2 aliphatic heterocycles. The predicted octanol–water partition coefficient (Wildman–Crippen LogP) is 1.88. The van der Waals surface area contributed by atoms with Crippen molar-refractivity contribution in [1.82, 2.24) is 15.1 Å². The monoisotopic (exact) mass is 345 g/mol. The average molecular weight is 345 g/mol. The second kappa shape index (κ2) is 9.32. The molecule has 2 heterocycles. The molecular formula is C20H31N3O2. The van der Waals surface area contributed by atoms with Crippen molar-refractivity contribution in [2.24, 2.45) is 0 Å². The lowest BCUT2D eigenvalue weighted by atomic mass is 10.1. The smallest absolute Gasteiger partial charge is 0.250 e. The molecule has 1 amide bonds. The van der Waals surface area contributed by atoms with E-state index in [0.29, 0.717) is 13.2 Å². The molecule has 0 aromatic heterocycles. The Labute approximate surface area is 151 Å². The molecule has 2 atom stereocenters. The Morgan fingerprint density at radius 3 is 2.72 bits per heavy atom. The number of carbonyl (C=O) groups is 1. The van der Waals surface area contributed by atoms with E-state index < -0.39 is 0 Å². The summed E-state index contributed by atoms with van der Waals surface area (Å²) in [4.78, 5) is 17.3. The number of ether oxygens (including phenoxy) is 1. The summed E-state index contributed by atoms with van der Waals surface area (Å²) in [5.74, 6) is 0.0340. The van der Waals surface area contributed by atoms with Crippen molar-refractivity contribution in [3.63, 3.8) is 0 Å². The number of amides is 1. The highest BCUT2D eigenvalue weighted by molar-refractivity contribution is 5.81. The maximum Gasteiger partial charge on any atom is 0.250 e. The standard InChI is InChI=1S/C20H31N3O2/c1-17(9-12-22-10-5-6-11-22)21-20(24)19-16-23(13-14-25-19)15-18-7-3-2-4-8-18/h2-4,7-8,17,19H,5-6,9-16H2,1H3,(H,21,24)/t17-,19+/m1/s1. The van der Waals surface area contributed by atoms with Crippen LogP contribution in [0.15, 0.2) is 30.3 Å². The molecule has 1 aromatic carbocycles. The molecule has 0 aliphatic carbocycles. The van der Waals surface area contributed by atoms with Crippen LogP contribution in [0.3, 0.4) is 0 Å². The Bertz CT molecular complexity index is 531. The zero-order chi connectivity index (χ0) is 17.5. The Kier molecular flexibility index (Phi) is 6.84. The van der Waals surface area contributed by atoms with Crippen LogP contribution in [0.2, 0.25) is 0 Å². The zero-order valence-electron chi connectivity index (χ0n) is 15.3. The highest BCUT2D eigenvalue weighted by atomic mass is 16.5. The second-order valence-electron chi connectivity index (χ2n) is 7.33. The number of nitrogens with zero attached hydrogens (tertiary/aromatic N) is 2. The van der Waals surface area contributed by atoms with E-state index in [0.717, 1.165) is 26.1 Å². The van der Waals surface area contributed by atoms with Crippen LogP contribution in [0.4, 0.5) is 0 Å². The van der Waals surface area contributed by atoms with E-state index in [-0.39, 0.29) is 18.1 Å². The summed E-state index contributed by atoms with van der Waals surface area (Å²) in [5, 5.41) is 3.14. The zero-order valence-corrected chi connectivity index (χ0v) is 15.3. The van der Waals surface area contributed by atoms with Crippen LogP contribution in [0.1, 0.15) is 31.7 Å². The van der Waals surface area contributed by atoms with Gasteiger partial charge in [-0.15, -0.1) is 0 Å². The van der Waals surface area contributed by atoms with Crippen molar-refractivity contribution in [2.75, 3.05) is 39.3 Å². The predicted molar refractivity (Wildman–Crippen MR) is 99.4 cm³/mol. The lowest BCUT2D eigenvalue weighted by molar-refractivity contribution is -0.139. The van der Waals surface area contributed by atoms with Crippen LogP contribution in [0, 0.1) is 0 Å². The highest BCUT2D eigenvalue weighted by Crippen LogP contribution is 2.12. The number of carbonyl (C=O) groups excluding carboxylic acids is 1. The first-order valence-corrected chi connectivity index (χ1v) is 9.61. The van der Waals surface area contributed by atoms with Gasteiger partial charge in [0.05, 0.1) is 6.61 Å². The van der Waals surface area contributed by atoms with Gasteiger partial charge in [-0.25, -0.2) is 0 Å². The number of hydrogen-bond donors (Lipinski definition) is 1. The fourth-order valence-corrected chi connectivity index (χ4v) is 3.64. The molecule has 0 unspecified atom stereocenters. The minimum absolute atomic E-state index is 0.0340. The third-order valence-corrected chi connectivity index (χ3v) is 5.16. The highest BCUT2D eigenvalue weighted by Gasteiger charge is 2.27. The van der Waals surface area contributed by atoms with Gasteiger partial charge in [0.1, 0.15) is 6.10 Å². The SMILES string of the molecule is C[C@H](CCN1CCCC1)NC(=O)[C@@H]1CN(Cc2ccccc2)CCO1. The normalized spacial score (nSPS) is 23.5. The van der Waals surface area contributed by atoms with Crippen LogP contribution >= 0.6 is 0 Å². The molecular weight excluding hydrogens is 314 g/mol. The van der Waals surface area contributed by atoms with E-state index in [2.05, 4.69) is 46.3 Å². The minimum atomic E-state index is -0.355. The molecule has 2 fully saturated rings. The quantitative estimate of drug-likeness (QED) is 0.820. The molecule has 2 saturated heterocycles. The summed E-state index contributed by atoms with van der Waals surface area (Å²) < 4.78 is 5.72. The van der Waals surface area contributed by atoms with Gasteiger partial charge >= 0.3 is 0 Å². The maximum atomic E-state index is 12.5. The Hall–Kier alpha value is -1.43. The lowest BCUT2D eigenvalue weighted by Crippen LogP contribution is -2.51. The Morgan fingerprint density at radius 1 is 1.20 bits per heavy atom. The molecule has 138 valence electrons. The summed E-state index contributed by atoms with van der Waals surface area (Å²) in [7, 11) is 0. The molecule has 0 saturated carbocycles. The molecule has 5 heteroatoms. The van der Waals surface area contributed by atoms with E-state index in [1.165, 1.54) is 31.5 Å². The van der Waals surface area contributed by atoms with E-state index in [1.54, 1.807) is 0 Å². The van der Waals surface area contributed by atoms with Crippen LogP contribution < -0.4 is 5.32 Å². The number of nitrogens with one attached hydrogen (secondary N) is 1. The average Bonchev–Trinajstić information content (AvgIpc) is 3.15. The lowest BCUT2D eigenvalue weighted by Gasteiger charge is -2.32. The molecule has 2 aliphatic rings. The van der Waals surface area contributed by atoms with Crippen LogP contribution in [0.5, 0.6) is 0 Å². The van der Waals surface area contributed by atoms with Crippen molar-refractivity contribution in [2.45, 2.75) is 44.9 Å². The van der Waals surface area contributed by atoms with Crippen molar-refractivity contribution in [3.05, 3.63) is 35.9 Å². The van der Waals surface area contributed by atoms with Gasteiger partial charge < -0.3 is 15.0 Å². The Balaban J connectivity index is 1.41. The van der Waals surface area contributed by atoms with Crippen LogP contribution in [0.25, 0.3) is 0 Å². The molecule has 0 bridgehead atoms. The van der Waals surface area contributed by atoms with Crippen molar-refractivity contribution >= 4 is 5.91 Å². The van der Waals surface area contributed by atoms with Gasteiger partial charge in [-0.1, -0.05) is 30.3 Å². The number of morpholine rings is 1. The molecule has 0 radical (unpaired) electrons. The first-order valence-electron chi connectivity index (χ1n) is 9.61. The molecule has 0 spiro atoms. The summed E-state index contributed by atoms with van der Waals surface area (Å²) in [6.07, 6.45) is 3.28. The maximum absolute atomic E-state index is 12.5. The third kappa shape index (κ3) is 5.80. The summed E-state index contributed by atoms with van der Waals surface area (Å²) >= 11 is 0. The Morgan fingerprint density at radius 2 is 1.96 bits per heavy atom. The van der Waals surface area contributed by atoms with E-state index in [4.69, 9.17) is 4.74 Å². The summed E-state index contributed by atoms with van der Waals surface area (Å²) in [6, 6.07) is 10.6. The first kappa shape index (κ1) is 18.4. The fraction of sp³-hybridized carbons (Fsp3) is 0.650. The summed E-state index contributed by atoms with van der Waals surface area (Å²) in [5.41, 5.74) is 1.28. The van der Waals surface area contributed by atoms with E-state index in [1.807, 2.05) is 6.07 Å². The van der Waals surface area contributed by atoms with Crippen molar-refractivity contribution in [1.29, 1.82) is 0 Å². The molecule has 3 rings (SSSR count). The molecule has 5 nitrogen and oxygen atoms in total. The van der Waals surface area contributed by atoms with Gasteiger partial charge in [0, 0.05) is 32.2 Å². The molecule has 1 aromatic rings. The second-order valence-corrected chi connectivity index (χ2v) is 7.33. The number of rotatable bonds is 7. The molecule has 25 heavy (non-hydrogen) atoms. The van der Waals surface area contributed by atoms with Gasteiger partial charge in [-0.3, -0.25) is 9.69 Å². The van der Waals surface area contributed by atoms with Gasteiger partial charge in [0.2, 0.25) is 0 Å². The third-order valence-electron chi connectivity index (χ3n) is 5.16. The van der Waals surface area contributed by atoms with E-state index in [9.17, 15) is 4.79 Å². The van der Waals surface area contributed by atoms with Crippen molar-refractivity contribution < 1.29 is 9.53 Å². The topological polar surface area (TPSA) is 44.8 Å². The minimum Gasteiger partial charge on any atom is -0.366 e. The number of likely N-dealkylation sites (tertiary alicyclic amines) is 1. The van der Waals surface area contributed by atoms with Gasteiger partial charge in [-0.05, 0) is 44.8 Å². The van der Waals surface area contributed by atoms with Crippen LogP contribution in [-0.4, -0.2) is 67.2 Å². The van der Waals surface area contributed by atoms with Gasteiger partial charge in [0.25, 0.3) is 5.91 Å². The van der Waals surface area contributed by atoms with Gasteiger partial charge in [-0.2, -0.15) is 0 Å².